The lowest BCUT2D eigenvalue weighted by Crippen LogP contribution is -2.13. The number of thiazole rings is 1. The summed E-state index contributed by atoms with van der Waals surface area (Å²) in [5.41, 5.74) is -0.00128. The summed E-state index contributed by atoms with van der Waals surface area (Å²) in [4.78, 5) is 17.5. The monoisotopic (exact) mass is 478 g/mol. The van der Waals surface area contributed by atoms with Crippen LogP contribution in [0.4, 0.5) is 8.78 Å². The van der Waals surface area contributed by atoms with Gasteiger partial charge in [0.25, 0.3) is 0 Å². The second-order valence-electron chi connectivity index (χ2n) is 7.34. The van der Waals surface area contributed by atoms with Crippen LogP contribution in [-0.4, -0.2) is 32.2 Å². The number of para-hydroxylation sites is 1. The Balaban J connectivity index is 1.68. The van der Waals surface area contributed by atoms with Crippen molar-refractivity contribution in [1.29, 1.82) is 0 Å². The van der Waals surface area contributed by atoms with Gasteiger partial charge in [0.2, 0.25) is 11.7 Å². The van der Waals surface area contributed by atoms with E-state index < -0.39 is 35.7 Å². The van der Waals surface area contributed by atoms with E-state index in [1.807, 2.05) is 0 Å². The Bertz CT molecular complexity index is 1530. The van der Waals surface area contributed by atoms with Gasteiger partial charge in [0.1, 0.15) is 17.4 Å². The first kappa shape index (κ1) is 21.6. The molecule has 2 aromatic heterocycles. The van der Waals surface area contributed by atoms with Crippen molar-refractivity contribution in [2.75, 3.05) is 6.61 Å². The molecule has 0 aliphatic heterocycles. The quantitative estimate of drug-likeness (QED) is 0.306. The Kier molecular flexibility index (Phi) is 5.46. The van der Waals surface area contributed by atoms with E-state index in [2.05, 4.69) is 4.98 Å². The minimum atomic E-state index is -0.731. The van der Waals surface area contributed by atoms with Crippen LogP contribution in [0.15, 0.2) is 72.8 Å². The molecule has 0 bridgehead atoms. The van der Waals surface area contributed by atoms with Crippen LogP contribution in [0.2, 0.25) is 0 Å². The number of carbonyl (C=O) groups excluding carboxylic acids is 1. The molecule has 9 heteroatoms. The second-order valence-corrected chi connectivity index (χ2v) is 8.35. The number of ether oxygens (including phenoxy) is 1. The first-order valence-corrected chi connectivity index (χ1v) is 10.9. The molecule has 2 heterocycles. The fourth-order valence-corrected chi connectivity index (χ4v) is 4.63. The van der Waals surface area contributed by atoms with E-state index >= 15 is 0 Å². The Morgan fingerprint density at radius 3 is 2.50 bits per heavy atom. The van der Waals surface area contributed by atoms with Crippen LogP contribution in [-0.2, 0) is 0 Å². The summed E-state index contributed by atoms with van der Waals surface area (Å²) in [7, 11) is 0. The summed E-state index contributed by atoms with van der Waals surface area (Å²) in [5.74, 6) is -2.82. The maximum Gasteiger partial charge on any atom is 0.242 e. The van der Waals surface area contributed by atoms with Crippen LogP contribution in [0.3, 0.4) is 0 Å². The Hall–Kier alpha value is -4.24. The minimum absolute atomic E-state index is 0.0356. The van der Waals surface area contributed by atoms with Crippen LogP contribution in [0.5, 0.6) is 17.4 Å². The fourth-order valence-electron chi connectivity index (χ4n) is 3.63. The van der Waals surface area contributed by atoms with Gasteiger partial charge in [-0.2, -0.15) is 0 Å². The normalized spacial score (nSPS) is 11.1. The molecule has 0 amide bonds. The number of fused-ring (bicyclic) bond motifs is 1. The molecular weight excluding hydrogens is 462 g/mol. The molecule has 5 rings (SSSR count). The van der Waals surface area contributed by atoms with Crippen molar-refractivity contribution < 1.29 is 28.5 Å². The van der Waals surface area contributed by atoms with Crippen LogP contribution in [0.1, 0.15) is 10.4 Å². The molecule has 0 fully saturated rings. The van der Waals surface area contributed by atoms with Crippen molar-refractivity contribution in [1.82, 2.24) is 9.55 Å². The Labute approximate surface area is 195 Å². The van der Waals surface area contributed by atoms with Gasteiger partial charge >= 0.3 is 0 Å². The highest BCUT2D eigenvalue weighted by Gasteiger charge is 2.31. The molecule has 0 radical (unpaired) electrons. The highest BCUT2D eigenvalue weighted by molar-refractivity contribution is 7.20. The van der Waals surface area contributed by atoms with Crippen molar-refractivity contribution in [3.63, 3.8) is 0 Å². The molecule has 0 aliphatic rings. The summed E-state index contributed by atoms with van der Waals surface area (Å²) >= 11 is 1.01. The number of rotatable bonds is 6. The summed E-state index contributed by atoms with van der Waals surface area (Å²) < 4.78 is 35.7. The largest absolute Gasteiger partial charge is 0.503 e. The van der Waals surface area contributed by atoms with Gasteiger partial charge in [-0.25, -0.2) is 13.8 Å². The first-order valence-electron chi connectivity index (χ1n) is 10.1. The van der Waals surface area contributed by atoms with Crippen molar-refractivity contribution >= 4 is 27.3 Å². The van der Waals surface area contributed by atoms with Crippen molar-refractivity contribution in [3.8, 4) is 33.8 Å². The lowest BCUT2D eigenvalue weighted by atomic mass is 10.0. The number of carbonyl (C=O) groups is 1. The van der Waals surface area contributed by atoms with Gasteiger partial charge in [-0.3, -0.25) is 9.36 Å². The van der Waals surface area contributed by atoms with E-state index in [0.717, 1.165) is 15.9 Å². The average Bonchev–Trinajstić information content (AvgIpc) is 3.36. The zero-order valence-electron chi connectivity index (χ0n) is 17.4. The number of Topliss-reactive ketones (excluding diaryl/α,β-unsaturated/α-hetero) is 1. The number of halogens is 2. The van der Waals surface area contributed by atoms with Crippen molar-refractivity contribution in [2.24, 2.45) is 0 Å². The molecule has 0 saturated carbocycles. The number of aromatic nitrogens is 2. The van der Waals surface area contributed by atoms with Gasteiger partial charge in [-0.1, -0.05) is 41.7 Å². The molecule has 0 spiro atoms. The lowest BCUT2D eigenvalue weighted by molar-refractivity contribution is 0.0919. The molecule has 0 atom stereocenters. The first-order chi connectivity index (χ1) is 16.4. The zero-order chi connectivity index (χ0) is 23.8. The Morgan fingerprint density at radius 1 is 1.00 bits per heavy atom. The Morgan fingerprint density at radius 2 is 1.74 bits per heavy atom. The molecule has 0 saturated heterocycles. The van der Waals surface area contributed by atoms with Gasteiger partial charge in [0, 0.05) is 5.56 Å². The molecule has 3 aromatic carbocycles. The second kappa shape index (κ2) is 8.60. The molecule has 5 aromatic rings. The molecular formula is C25H16F2N2O4S. The molecule has 34 heavy (non-hydrogen) atoms. The third-order valence-electron chi connectivity index (χ3n) is 5.17. The van der Waals surface area contributed by atoms with Crippen LogP contribution in [0, 0.1) is 11.6 Å². The van der Waals surface area contributed by atoms with Gasteiger partial charge in [-0.05, 0) is 42.5 Å². The van der Waals surface area contributed by atoms with Gasteiger partial charge in [0.05, 0.1) is 21.5 Å². The standard InChI is InChI=1S/C25H16F2N2O4S/c26-14-10-11-18-20(12-14)34-25(28-18)29-22(16-8-4-5-9-17(16)27)21(23(31)24(29)32)19(30)13-33-15-6-2-1-3-7-15/h1-12,31-32H,13H2. The summed E-state index contributed by atoms with van der Waals surface area (Å²) in [6.07, 6.45) is 0. The van der Waals surface area contributed by atoms with E-state index in [1.165, 1.54) is 36.4 Å². The number of hydrogen-bond acceptors (Lipinski definition) is 6. The number of nitrogens with zero attached hydrogens (tertiary/aromatic N) is 2. The third-order valence-corrected chi connectivity index (χ3v) is 6.18. The predicted octanol–water partition coefficient (Wildman–Crippen LogP) is 5.71. The smallest absolute Gasteiger partial charge is 0.242 e. The summed E-state index contributed by atoms with van der Waals surface area (Å²) in [5, 5.41) is 21.7. The van der Waals surface area contributed by atoms with Crippen LogP contribution >= 0.6 is 11.3 Å². The van der Waals surface area contributed by atoms with E-state index in [9.17, 15) is 23.8 Å². The summed E-state index contributed by atoms with van der Waals surface area (Å²) in [6.45, 7) is -0.465. The SMILES string of the molecule is O=C(COc1ccccc1)c1c(O)c(O)n(-c2nc3ccc(F)cc3s2)c1-c1ccccc1F. The molecule has 170 valence electrons. The number of hydrogen-bond donors (Lipinski definition) is 2. The maximum absolute atomic E-state index is 14.9. The van der Waals surface area contributed by atoms with E-state index in [1.54, 1.807) is 36.4 Å². The number of benzene rings is 3. The minimum Gasteiger partial charge on any atom is -0.503 e. The number of ketones is 1. The van der Waals surface area contributed by atoms with Gasteiger partial charge in [0.15, 0.2) is 17.5 Å². The van der Waals surface area contributed by atoms with Gasteiger partial charge in [-0.15, -0.1) is 0 Å². The average molecular weight is 478 g/mol. The lowest BCUT2D eigenvalue weighted by Gasteiger charge is -2.10. The molecule has 6 nitrogen and oxygen atoms in total. The van der Waals surface area contributed by atoms with Crippen molar-refractivity contribution in [2.45, 2.75) is 0 Å². The highest BCUT2D eigenvalue weighted by atomic mass is 32.1. The number of aromatic hydroxyl groups is 2. The molecule has 0 aliphatic carbocycles. The molecule has 0 unspecified atom stereocenters. The third kappa shape index (κ3) is 3.75. The van der Waals surface area contributed by atoms with E-state index in [0.29, 0.717) is 16.0 Å². The zero-order valence-corrected chi connectivity index (χ0v) is 18.2. The fraction of sp³-hybridized carbons (Fsp3) is 0.0400. The van der Waals surface area contributed by atoms with E-state index in [-0.39, 0.29) is 22.0 Å². The predicted molar refractivity (Wildman–Crippen MR) is 124 cm³/mol. The van der Waals surface area contributed by atoms with Crippen LogP contribution in [0.25, 0.3) is 26.6 Å². The highest BCUT2D eigenvalue weighted by Crippen LogP contribution is 2.45. The van der Waals surface area contributed by atoms with Crippen molar-refractivity contribution in [3.05, 3.63) is 90.0 Å². The maximum atomic E-state index is 14.9. The van der Waals surface area contributed by atoms with Gasteiger partial charge < -0.3 is 14.9 Å². The molecule has 2 N–H and O–H groups in total. The topological polar surface area (TPSA) is 84.6 Å². The van der Waals surface area contributed by atoms with Crippen LogP contribution < -0.4 is 4.74 Å². The van der Waals surface area contributed by atoms with E-state index in [4.69, 9.17) is 4.74 Å². The summed E-state index contributed by atoms with van der Waals surface area (Å²) in [6, 6.07) is 18.2.